The number of hydrogen-bond acceptors (Lipinski definition) is 2. The van der Waals surface area contributed by atoms with Crippen LogP contribution < -0.4 is 0 Å². The van der Waals surface area contributed by atoms with E-state index in [0.29, 0.717) is 13.0 Å². The summed E-state index contributed by atoms with van der Waals surface area (Å²) in [4.78, 5) is 12.0. The van der Waals surface area contributed by atoms with Crippen molar-refractivity contribution >= 4 is 5.97 Å². The molecule has 0 amide bonds. The Balaban J connectivity index is 3.17. The lowest BCUT2D eigenvalue weighted by Gasteiger charge is -2.06. The van der Waals surface area contributed by atoms with E-state index < -0.39 is 0 Å². The predicted molar refractivity (Wildman–Crippen MR) is 225 cm³/mol. The molecule has 298 valence electrons. The number of ether oxygens (including phenoxy) is 1. The quantitative estimate of drug-likeness (QED) is 0.0359. The summed E-state index contributed by atoms with van der Waals surface area (Å²) in [7, 11) is 0. The molecule has 0 aromatic heterocycles. The summed E-state index contributed by atoms with van der Waals surface area (Å²) in [6, 6.07) is 0. The Bertz CT molecular complexity index is 653. The molecular weight excluding hydrogens is 609 g/mol. The van der Waals surface area contributed by atoms with E-state index >= 15 is 0 Å². The summed E-state index contributed by atoms with van der Waals surface area (Å²) in [5.41, 5.74) is 0. The van der Waals surface area contributed by atoms with Gasteiger partial charge in [0.1, 0.15) is 0 Å². The first-order valence-electron chi connectivity index (χ1n) is 23.5. The Labute approximate surface area is 316 Å². The number of esters is 1. The highest BCUT2D eigenvalue weighted by molar-refractivity contribution is 5.69. The van der Waals surface area contributed by atoms with Crippen molar-refractivity contribution in [1.82, 2.24) is 0 Å². The van der Waals surface area contributed by atoms with E-state index in [2.05, 4.69) is 32.9 Å². The Kier molecular flexibility index (Phi) is 43.7. The first-order valence-corrected chi connectivity index (χ1v) is 23.5. The number of carbonyl (C=O) groups is 1. The Morgan fingerprint density at radius 3 is 1.06 bits per heavy atom. The van der Waals surface area contributed by atoms with E-state index in [0.717, 1.165) is 18.8 Å². The molecule has 0 aliphatic carbocycles. The lowest BCUT2D eigenvalue weighted by molar-refractivity contribution is -0.143. The Morgan fingerprint density at radius 1 is 0.400 bits per heavy atom. The molecule has 0 aliphatic rings. The minimum absolute atomic E-state index is 0.0249. The summed E-state index contributed by atoms with van der Waals surface area (Å²) in [6.45, 7) is 7.60. The third-order valence-electron chi connectivity index (χ3n) is 10.8. The first kappa shape index (κ1) is 49.2. The van der Waals surface area contributed by atoms with Crippen molar-refractivity contribution < 1.29 is 9.53 Å². The van der Waals surface area contributed by atoms with Crippen LogP contribution in [0.1, 0.15) is 278 Å². The van der Waals surface area contributed by atoms with Gasteiger partial charge in [0.25, 0.3) is 0 Å². The monoisotopic (exact) mass is 703 g/mol. The number of carbonyl (C=O) groups excluding carboxylic acids is 1. The largest absolute Gasteiger partial charge is 0.466 e. The van der Waals surface area contributed by atoms with Crippen molar-refractivity contribution in [2.75, 3.05) is 6.61 Å². The highest BCUT2D eigenvalue weighted by atomic mass is 16.5. The van der Waals surface area contributed by atoms with Gasteiger partial charge >= 0.3 is 5.97 Å². The van der Waals surface area contributed by atoms with Crippen LogP contribution in [0.3, 0.4) is 0 Å². The summed E-state index contributed by atoms with van der Waals surface area (Å²) < 4.78 is 5.48. The van der Waals surface area contributed by atoms with Gasteiger partial charge in [-0.15, -0.1) is 0 Å². The van der Waals surface area contributed by atoms with Gasteiger partial charge in [0.05, 0.1) is 6.61 Å². The van der Waals surface area contributed by atoms with Crippen LogP contribution in [0.4, 0.5) is 0 Å². The van der Waals surface area contributed by atoms with E-state index in [9.17, 15) is 4.79 Å². The van der Waals surface area contributed by atoms with Gasteiger partial charge in [-0.1, -0.05) is 245 Å². The van der Waals surface area contributed by atoms with Crippen molar-refractivity contribution in [3.63, 3.8) is 0 Å². The molecule has 0 N–H and O–H groups in total. The highest BCUT2D eigenvalue weighted by Crippen LogP contribution is 2.17. The van der Waals surface area contributed by atoms with Crippen LogP contribution in [0.15, 0.2) is 12.2 Å². The first-order chi connectivity index (χ1) is 24.7. The minimum Gasteiger partial charge on any atom is -0.466 e. The second-order valence-corrected chi connectivity index (χ2v) is 16.6. The second kappa shape index (κ2) is 44.4. The zero-order chi connectivity index (χ0) is 36.3. The summed E-state index contributed by atoms with van der Waals surface area (Å²) in [5.74, 6) is 0.910. The molecule has 0 bridgehead atoms. The molecule has 0 unspecified atom stereocenters. The van der Waals surface area contributed by atoms with Crippen molar-refractivity contribution in [2.45, 2.75) is 278 Å². The zero-order valence-corrected chi connectivity index (χ0v) is 35.0. The average molecular weight is 703 g/mol. The predicted octanol–water partition coefficient (Wildman–Crippen LogP) is 17.4. The molecular formula is C48H94O2. The molecule has 0 saturated heterocycles. The van der Waals surface area contributed by atoms with E-state index in [4.69, 9.17) is 4.74 Å². The smallest absolute Gasteiger partial charge is 0.305 e. The molecule has 0 radical (unpaired) electrons. The fourth-order valence-corrected chi connectivity index (χ4v) is 7.32. The number of hydrogen-bond donors (Lipinski definition) is 0. The van der Waals surface area contributed by atoms with Crippen LogP contribution in [-0.4, -0.2) is 12.6 Å². The lowest BCUT2D eigenvalue weighted by atomic mass is 10.0. The zero-order valence-electron chi connectivity index (χ0n) is 35.0. The van der Waals surface area contributed by atoms with Gasteiger partial charge in [0, 0.05) is 6.42 Å². The standard InChI is InChI=1S/C48H94O2/c1-4-5-6-7-8-9-10-11-12-20-24-27-30-33-36-39-42-45-48(49)50-46-43-40-37-34-31-28-25-22-19-17-15-13-14-16-18-21-23-26-29-32-35-38-41-44-47(2)3/h11-12,47H,4-10,13-46H2,1-3H3. The van der Waals surface area contributed by atoms with Crippen LogP contribution in [-0.2, 0) is 9.53 Å². The molecule has 0 aromatic carbocycles. The summed E-state index contributed by atoms with van der Waals surface area (Å²) in [6.07, 6.45) is 59.0. The van der Waals surface area contributed by atoms with E-state index in [1.54, 1.807) is 0 Å². The number of allylic oxidation sites excluding steroid dienone is 2. The van der Waals surface area contributed by atoms with Crippen LogP contribution in [0.25, 0.3) is 0 Å². The molecule has 0 aliphatic heterocycles. The highest BCUT2D eigenvalue weighted by Gasteiger charge is 2.03. The maximum atomic E-state index is 12.0. The molecule has 0 rings (SSSR count). The topological polar surface area (TPSA) is 26.3 Å². The Morgan fingerprint density at radius 2 is 0.700 bits per heavy atom. The molecule has 0 fully saturated rings. The summed E-state index contributed by atoms with van der Waals surface area (Å²) >= 11 is 0. The molecule has 0 atom stereocenters. The molecule has 2 nitrogen and oxygen atoms in total. The van der Waals surface area contributed by atoms with Crippen LogP contribution in [0.2, 0.25) is 0 Å². The number of rotatable bonds is 43. The van der Waals surface area contributed by atoms with Crippen molar-refractivity contribution in [3.05, 3.63) is 12.2 Å². The average Bonchev–Trinajstić information content (AvgIpc) is 3.11. The molecule has 0 saturated carbocycles. The lowest BCUT2D eigenvalue weighted by Crippen LogP contribution is -2.05. The SMILES string of the molecule is CCCCCCCCC=CCCCCCCCCCC(=O)OCCCCCCCCCCCCCCCCCCCCCCCCCC(C)C. The fourth-order valence-electron chi connectivity index (χ4n) is 7.32. The van der Waals surface area contributed by atoms with Gasteiger partial charge < -0.3 is 4.74 Å². The fraction of sp³-hybridized carbons (Fsp3) is 0.938. The van der Waals surface area contributed by atoms with Crippen molar-refractivity contribution in [3.8, 4) is 0 Å². The normalized spacial score (nSPS) is 11.8. The van der Waals surface area contributed by atoms with Crippen molar-refractivity contribution in [1.29, 1.82) is 0 Å². The van der Waals surface area contributed by atoms with E-state index in [1.165, 1.54) is 238 Å². The molecule has 0 aromatic rings. The third-order valence-corrected chi connectivity index (χ3v) is 10.8. The van der Waals surface area contributed by atoms with Gasteiger partial charge in [-0.2, -0.15) is 0 Å². The van der Waals surface area contributed by atoms with E-state index in [1.807, 2.05) is 0 Å². The summed E-state index contributed by atoms with van der Waals surface area (Å²) in [5, 5.41) is 0. The maximum Gasteiger partial charge on any atom is 0.305 e. The molecule has 2 heteroatoms. The van der Waals surface area contributed by atoms with Crippen LogP contribution >= 0.6 is 0 Å². The second-order valence-electron chi connectivity index (χ2n) is 16.6. The van der Waals surface area contributed by atoms with Gasteiger partial charge in [0.15, 0.2) is 0 Å². The van der Waals surface area contributed by atoms with Gasteiger partial charge in [0.2, 0.25) is 0 Å². The maximum absolute atomic E-state index is 12.0. The molecule has 0 spiro atoms. The van der Waals surface area contributed by atoms with Gasteiger partial charge in [-0.3, -0.25) is 4.79 Å². The molecule has 0 heterocycles. The van der Waals surface area contributed by atoms with Gasteiger partial charge in [-0.25, -0.2) is 0 Å². The van der Waals surface area contributed by atoms with Crippen LogP contribution in [0, 0.1) is 5.92 Å². The number of unbranched alkanes of at least 4 members (excludes halogenated alkanes) is 35. The Hall–Kier alpha value is -0.790. The minimum atomic E-state index is 0.0249. The molecule has 50 heavy (non-hydrogen) atoms. The third kappa shape index (κ3) is 45.2. The van der Waals surface area contributed by atoms with E-state index in [-0.39, 0.29) is 5.97 Å². The van der Waals surface area contributed by atoms with Crippen LogP contribution in [0.5, 0.6) is 0 Å². The van der Waals surface area contributed by atoms with Crippen molar-refractivity contribution in [2.24, 2.45) is 5.92 Å². The van der Waals surface area contributed by atoms with Gasteiger partial charge in [-0.05, 0) is 44.4 Å².